The molecule has 0 amide bonds. The zero-order valence-corrected chi connectivity index (χ0v) is 12.4. The number of nitrogen functional groups attached to an aromatic ring is 1. The molecular weight excluding hydrogens is 301 g/mol. The van der Waals surface area contributed by atoms with Crippen LogP contribution in [0.1, 0.15) is 0 Å². The van der Waals surface area contributed by atoms with Gasteiger partial charge in [0.15, 0.2) is 0 Å². The number of hydrogen-bond acceptors (Lipinski definition) is 7. The third kappa shape index (κ3) is 3.60. The van der Waals surface area contributed by atoms with E-state index in [1.54, 1.807) is 23.1 Å². The van der Waals surface area contributed by atoms with Gasteiger partial charge in [-0.1, -0.05) is 23.2 Å². The predicted molar refractivity (Wildman–Crippen MR) is 81.7 cm³/mol. The number of aromatic nitrogens is 3. The molecule has 0 spiro atoms. The second kappa shape index (κ2) is 6.08. The molecule has 0 aliphatic heterocycles. The summed E-state index contributed by atoms with van der Waals surface area (Å²) in [4.78, 5) is 14.2. The number of halogens is 2. The molecule has 1 aromatic heterocycles. The first kappa shape index (κ1) is 14.6. The summed E-state index contributed by atoms with van der Waals surface area (Å²) in [6.45, 7) is 0. The smallest absolute Gasteiger partial charge is 0.243 e. The van der Waals surface area contributed by atoms with Crippen molar-refractivity contribution in [1.82, 2.24) is 15.0 Å². The van der Waals surface area contributed by atoms with Crippen LogP contribution in [0.4, 0.5) is 23.5 Å². The van der Waals surface area contributed by atoms with Gasteiger partial charge in [-0.25, -0.2) is 5.84 Å². The highest BCUT2D eigenvalue weighted by Crippen LogP contribution is 2.24. The van der Waals surface area contributed by atoms with E-state index in [9.17, 15) is 0 Å². The molecule has 7 nitrogen and oxygen atoms in total. The average molecular weight is 314 g/mol. The monoisotopic (exact) mass is 313 g/mol. The fraction of sp³-hybridized carbons (Fsp3) is 0.182. The number of nitrogens with one attached hydrogen (secondary N) is 2. The van der Waals surface area contributed by atoms with E-state index >= 15 is 0 Å². The molecular formula is C11H13Cl2N7. The molecule has 4 N–H and O–H groups in total. The lowest BCUT2D eigenvalue weighted by Gasteiger charge is -2.13. The van der Waals surface area contributed by atoms with Gasteiger partial charge in [0.1, 0.15) is 0 Å². The van der Waals surface area contributed by atoms with Crippen molar-refractivity contribution < 1.29 is 0 Å². The molecule has 106 valence electrons. The van der Waals surface area contributed by atoms with Gasteiger partial charge < -0.3 is 10.2 Å². The Hall–Kier alpha value is -1.83. The Kier molecular flexibility index (Phi) is 4.43. The minimum atomic E-state index is 0.249. The minimum absolute atomic E-state index is 0.249. The molecule has 2 rings (SSSR count). The van der Waals surface area contributed by atoms with Crippen LogP contribution in [-0.2, 0) is 0 Å². The predicted octanol–water partition coefficient (Wildman–Crippen LogP) is 2.27. The van der Waals surface area contributed by atoms with Crippen molar-refractivity contribution in [1.29, 1.82) is 0 Å². The van der Waals surface area contributed by atoms with Crippen molar-refractivity contribution in [2.45, 2.75) is 0 Å². The van der Waals surface area contributed by atoms with E-state index in [1.165, 1.54) is 0 Å². The maximum Gasteiger partial charge on any atom is 0.243 e. The Balaban J connectivity index is 2.34. The van der Waals surface area contributed by atoms with Crippen molar-refractivity contribution in [2.24, 2.45) is 5.84 Å². The first-order valence-corrected chi connectivity index (χ1v) is 6.36. The molecule has 0 radical (unpaired) electrons. The molecule has 0 saturated carbocycles. The number of hydrazine groups is 1. The summed E-state index contributed by atoms with van der Waals surface area (Å²) < 4.78 is 0. The molecule has 0 fully saturated rings. The van der Waals surface area contributed by atoms with E-state index in [-0.39, 0.29) is 5.95 Å². The van der Waals surface area contributed by atoms with Crippen LogP contribution >= 0.6 is 23.2 Å². The average Bonchev–Trinajstić information content (AvgIpc) is 2.36. The number of hydrogen-bond donors (Lipinski definition) is 3. The molecule has 1 heterocycles. The van der Waals surface area contributed by atoms with Gasteiger partial charge in [0.05, 0.1) is 0 Å². The van der Waals surface area contributed by atoms with Crippen LogP contribution in [0.15, 0.2) is 18.2 Å². The summed E-state index contributed by atoms with van der Waals surface area (Å²) in [5.41, 5.74) is 3.06. The molecule has 1 aromatic carbocycles. The first-order chi connectivity index (χ1) is 9.47. The van der Waals surface area contributed by atoms with E-state index in [0.717, 1.165) is 0 Å². The second-order valence-corrected chi connectivity index (χ2v) is 4.98. The van der Waals surface area contributed by atoms with Gasteiger partial charge in [-0.3, -0.25) is 5.43 Å². The second-order valence-electron chi connectivity index (χ2n) is 4.10. The summed E-state index contributed by atoms with van der Waals surface area (Å²) in [7, 11) is 3.63. The lowest BCUT2D eigenvalue weighted by Crippen LogP contribution is -2.18. The maximum absolute atomic E-state index is 5.94. The van der Waals surface area contributed by atoms with Gasteiger partial charge in [-0.15, -0.1) is 0 Å². The zero-order chi connectivity index (χ0) is 14.7. The third-order valence-corrected chi connectivity index (χ3v) is 2.71. The first-order valence-electron chi connectivity index (χ1n) is 5.61. The molecule has 0 atom stereocenters. The molecule has 2 aromatic rings. The number of rotatable bonds is 4. The Labute approximate surface area is 126 Å². The van der Waals surface area contributed by atoms with Gasteiger partial charge in [-0.2, -0.15) is 15.0 Å². The fourth-order valence-corrected chi connectivity index (χ4v) is 1.97. The highest BCUT2D eigenvalue weighted by molar-refractivity contribution is 6.35. The molecule has 0 bridgehead atoms. The Morgan fingerprint density at radius 2 is 1.60 bits per heavy atom. The van der Waals surface area contributed by atoms with Crippen molar-refractivity contribution in [3.8, 4) is 0 Å². The third-order valence-electron chi connectivity index (χ3n) is 2.27. The van der Waals surface area contributed by atoms with E-state index in [0.29, 0.717) is 27.6 Å². The minimum Gasteiger partial charge on any atom is -0.347 e. The molecule has 0 aliphatic carbocycles. The summed E-state index contributed by atoms with van der Waals surface area (Å²) >= 11 is 11.9. The quantitative estimate of drug-likeness (QED) is 0.589. The highest BCUT2D eigenvalue weighted by atomic mass is 35.5. The Morgan fingerprint density at radius 1 is 1.00 bits per heavy atom. The van der Waals surface area contributed by atoms with E-state index in [1.807, 2.05) is 14.1 Å². The van der Waals surface area contributed by atoms with Gasteiger partial charge in [0.25, 0.3) is 0 Å². The SMILES string of the molecule is CN(C)c1nc(NN)nc(Nc2cc(Cl)cc(Cl)c2)n1. The van der Waals surface area contributed by atoms with Crippen LogP contribution in [0.3, 0.4) is 0 Å². The summed E-state index contributed by atoms with van der Waals surface area (Å²) in [5.74, 6) is 6.38. The van der Waals surface area contributed by atoms with E-state index < -0.39 is 0 Å². The highest BCUT2D eigenvalue weighted by Gasteiger charge is 2.08. The van der Waals surface area contributed by atoms with E-state index in [2.05, 4.69) is 25.7 Å². The van der Waals surface area contributed by atoms with Gasteiger partial charge in [0.2, 0.25) is 17.8 Å². The molecule has 20 heavy (non-hydrogen) atoms. The molecule has 0 unspecified atom stereocenters. The van der Waals surface area contributed by atoms with Crippen LogP contribution in [0, 0.1) is 0 Å². The van der Waals surface area contributed by atoms with E-state index in [4.69, 9.17) is 29.0 Å². The summed E-state index contributed by atoms with van der Waals surface area (Å²) in [6.07, 6.45) is 0. The number of benzene rings is 1. The lowest BCUT2D eigenvalue weighted by molar-refractivity contribution is 0.957. The van der Waals surface area contributed by atoms with Crippen LogP contribution in [0.2, 0.25) is 10.0 Å². The number of nitrogens with zero attached hydrogens (tertiary/aromatic N) is 4. The van der Waals surface area contributed by atoms with Crippen molar-refractivity contribution >= 4 is 46.7 Å². The number of anilines is 4. The molecule has 9 heteroatoms. The Morgan fingerprint density at radius 3 is 2.15 bits per heavy atom. The Bertz CT molecular complexity index is 597. The summed E-state index contributed by atoms with van der Waals surface area (Å²) in [6, 6.07) is 5.06. The molecule has 0 saturated heterocycles. The number of nitrogens with two attached hydrogens (primary N) is 1. The van der Waals surface area contributed by atoms with Gasteiger partial charge >= 0.3 is 0 Å². The van der Waals surface area contributed by atoms with Crippen molar-refractivity contribution in [3.05, 3.63) is 28.2 Å². The standard InChI is InChI=1S/C11H13Cl2N7/c1-20(2)11-17-9(16-10(18-11)19-14)15-8-4-6(12)3-7(13)5-8/h3-5H,14H2,1-2H3,(H2,15,16,17,18,19). The normalized spacial score (nSPS) is 10.2. The zero-order valence-electron chi connectivity index (χ0n) is 10.9. The van der Waals surface area contributed by atoms with Gasteiger partial charge in [-0.05, 0) is 18.2 Å². The van der Waals surface area contributed by atoms with Gasteiger partial charge in [0, 0.05) is 29.8 Å². The van der Waals surface area contributed by atoms with Crippen LogP contribution < -0.4 is 21.5 Å². The fourth-order valence-electron chi connectivity index (χ4n) is 1.44. The van der Waals surface area contributed by atoms with Crippen LogP contribution in [0.25, 0.3) is 0 Å². The van der Waals surface area contributed by atoms with Crippen molar-refractivity contribution in [2.75, 3.05) is 29.7 Å². The lowest BCUT2D eigenvalue weighted by atomic mass is 10.3. The topological polar surface area (TPSA) is 92.0 Å². The maximum atomic E-state index is 5.94. The molecule has 0 aliphatic rings. The van der Waals surface area contributed by atoms with Crippen molar-refractivity contribution in [3.63, 3.8) is 0 Å². The summed E-state index contributed by atoms with van der Waals surface area (Å²) in [5, 5.41) is 4.03. The van der Waals surface area contributed by atoms with Crippen LogP contribution in [-0.4, -0.2) is 29.0 Å². The van der Waals surface area contributed by atoms with Crippen LogP contribution in [0.5, 0.6) is 0 Å². The largest absolute Gasteiger partial charge is 0.347 e.